The molecule has 10 nitrogen and oxygen atoms in total. The Morgan fingerprint density at radius 1 is 1.26 bits per heavy atom. The van der Waals surface area contributed by atoms with Crippen molar-refractivity contribution in [1.82, 2.24) is 10.2 Å². The second-order valence-corrected chi connectivity index (χ2v) is 13.9. The summed E-state index contributed by atoms with van der Waals surface area (Å²) in [6.07, 6.45) is 5.94. The smallest absolute Gasteiger partial charge is 0.312 e. The molecule has 1 aromatic carbocycles. The lowest BCUT2D eigenvalue weighted by Crippen LogP contribution is -2.57. The fourth-order valence-electron chi connectivity index (χ4n) is 7.10. The Kier molecular flexibility index (Phi) is 12.5. The molecule has 3 aliphatic heterocycles. The first-order valence-corrected chi connectivity index (χ1v) is 17.3. The van der Waals surface area contributed by atoms with E-state index in [0.717, 1.165) is 18.4 Å². The normalized spacial score (nSPS) is 26.8. The second-order valence-electron chi connectivity index (χ2n) is 12.4. The molecule has 3 heterocycles. The number of ether oxygens (including phenoxy) is 2. The lowest BCUT2D eigenvalue weighted by atomic mass is 9.70. The number of benzene rings is 1. The van der Waals surface area contributed by atoms with Gasteiger partial charge < -0.3 is 29.7 Å². The number of hydrogen-bond acceptors (Lipinski definition) is 7. The molecule has 4 rings (SSSR count). The third-order valence-corrected chi connectivity index (χ3v) is 10.3. The summed E-state index contributed by atoms with van der Waals surface area (Å²) in [5.74, 6) is -3.29. The van der Waals surface area contributed by atoms with E-state index in [2.05, 4.69) is 34.4 Å². The van der Waals surface area contributed by atoms with Gasteiger partial charge >= 0.3 is 5.97 Å². The number of unbranched alkanes of at least 4 members (excludes halogenated alkanes) is 3. The van der Waals surface area contributed by atoms with Crippen molar-refractivity contribution >= 4 is 56.9 Å². The molecule has 0 radical (unpaired) electrons. The van der Waals surface area contributed by atoms with Crippen LogP contribution < -0.4 is 10.2 Å². The molecule has 3 amide bonds. The highest BCUT2D eigenvalue weighted by Crippen LogP contribution is 2.60. The standard InChI is InChI=1S/C34H45BrClN3O7/c1-5-7-15-25(41)37-20-22(4)45-33(44)26-27-31(42)39(17-10-8-9-11-18-40)30(34(27)19-23(35)29(26)46-34)32(43)38(16-6-2)28-21(3)13-12-14-24(28)36/h5-6,12-14,22-23,26-27,29-30,40H,1-2,7-11,15-20H2,3-4H3,(H,37,41)/t22-,23?,26+,27-,29+,30+,34-/m0/s1. The van der Waals surface area contributed by atoms with E-state index in [9.17, 15) is 24.3 Å². The van der Waals surface area contributed by atoms with Crippen molar-refractivity contribution in [2.24, 2.45) is 11.8 Å². The number of para-hydroxylation sites is 1. The molecule has 7 atom stereocenters. The fraction of sp³-hybridized carbons (Fsp3) is 0.588. The van der Waals surface area contributed by atoms with Crippen molar-refractivity contribution in [1.29, 1.82) is 0 Å². The molecule has 2 N–H and O–H groups in total. The summed E-state index contributed by atoms with van der Waals surface area (Å²) in [4.78, 5) is 57.9. The Bertz CT molecular complexity index is 1310. The highest BCUT2D eigenvalue weighted by atomic mass is 79.9. The van der Waals surface area contributed by atoms with Gasteiger partial charge in [0, 0.05) is 30.9 Å². The highest BCUT2D eigenvalue weighted by molar-refractivity contribution is 9.09. The van der Waals surface area contributed by atoms with E-state index in [1.54, 1.807) is 34.9 Å². The Labute approximate surface area is 284 Å². The van der Waals surface area contributed by atoms with Crippen molar-refractivity contribution in [2.45, 2.75) is 87.5 Å². The number of rotatable bonds is 17. The number of alkyl halides is 1. The minimum atomic E-state index is -1.27. The number of nitrogens with zero attached hydrogens (tertiary/aromatic N) is 2. The number of nitrogens with one attached hydrogen (secondary N) is 1. The Morgan fingerprint density at radius 3 is 2.67 bits per heavy atom. The van der Waals surface area contributed by atoms with Crippen LogP contribution in [0.1, 0.15) is 57.4 Å². The summed E-state index contributed by atoms with van der Waals surface area (Å²) in [6, 6.07) is 4.38. The average molecular weight is 723 g/mol. The molecule has 3 aliphatic rings. The Morgan fingerprint density at radius 2 is 2.00 bits per heavy atom. The van der Waals surface area contributed by atoms with Gasteiger partial charge in [0.05, 0.1) is 35.2 Å². The summed E-state index contributed by atoms with van der Waals surface area (Å²) < 4.78 is 12.4. The van der Waals surface area contributed by atoms with Gasteiger partial charge in [-0.1, -0.05) is 64.7 Å². The number of carbonyl (C=O) groups is 4. The maximum Gasteiger partial charge on any atom is 0.312 e. The van der Waals surface area contributed by atoms with E-state index in [1.165, 1.54) is 0 Å². The zero-order chi connectivity index (χ0) is 33.6. The number of aliphatic hydroxyl groups is 1. The monoisotopic (exact) mass is 721 g/mol. The minimum absolute atomic E-state index is 0.0885. The van der Waals surface area contributed by atoms with Crippen LogP contribution in [0.25, 0.3) is 0 Å². The number of aliphatic hydroxyl groups excluding tert-OH is 1. The molecule has 2 bridgehead atoms. The van der Waals surface area contributed by atoms with Gasteiger partial charge in [-0.2, -0.15) is 0 Å². The molecule has 1 spiro atoms. The maximum absolute atomic E-state index is 14.8. The van der Waals surface area contributed by atoms with Gasteiger partial charge in [0.2, 0.25) is 11.8 Å². The quantitative estimate of drug-likeness (QED) is 0.105. The van der Waals surface area contributed by atoms with E-state index in [4.69, 9.17) is 21.1 Å². The predicted molar refractivity (Wildman–Crippen MR) is 180 cm³/mol. The second kappa shape index (κ2) is 15.9. The van der Waals surface area contributed by atoms with Crippen LogP contribution in [0.15, 0.2) is 43.5 Å². The van der Waals surface area contributed by atoms with Crippen LogP contribution in [-0.2, 0) is 28.7 Å². The van der Waals surface area contributed by atoms with Crippen molar-refractivity contribution in [3.05, 3.63) is 54.1 Å². The summed E-state index contributed by atoms with van der Waals surface area (Å²) in [7, 11) is 0. The molecule has 0 aliphatic carbocycles. The van der Waals surface area contributed by atoms with Crippen LogP contribution in [-0.4, -0.2) is 88.6 Å². The molecule has 1 unspecified atom stereocenters. The first-order chi connectivity index (χ1) is 22.0. The highest BCUT2D eigenvalue weighted by Gasteiger charge is 2.77. The number of amides is 3. The van der Waals surface area contributed by atoms with Gasteiger partial charge in [-0.15, -0.1) is 13.2 Å². The molecule has 0 aromatic heterocycles. The predicted octanol–water partition coefficient (Wildman–Crippen LogP) is 4.48. The van der Waals surface area contributed by atoms with Crippen LogP contribution in [0.2, 0.25) is 5.02 Å². The molecule has 46 heavy (non-hydrogen) atoms. The summed E-state index contributed by atoms with van der Waals surface area (Å²) in [6.45, 7) is 11.7. The van der Waals surface area contributed by atoms with Crippen molar-refractivity contribution in [3.63, 3.8) is 0 Å². The molecule has 0 saturated carbocycles. The van der Waals surface area contributed by atoms with Gasteiger partial charge in [0.25, 0.3) is 5.91 Å². The molecule has 12 heteroatoms. The largest absolute Gasteiger partial charge is 0.460 e. The van der Waals surface area contributed by atoms with Gasteiger partial charge in [-0.05, 0) is 51.2 Å². The lowest BCUT2D eigenvalue weighted by molar-refractivity contribution is -0.159. The number of carbonyl (C=O) groups excluding carboxylic acids is 4. The number of likely N-dealkylation sites (tertiary alicyclic amines) is 1. The SMILES string of the molecule is C=CCCC(=O)NC[C@H](C)OC(=O)[C@H]1[C@@H]2O[C@@]3(CC2Br)[C@@H]1C(=O)N(CCCCCCO)[C@@H]3C(=O)N(CC=C)c1c(C)cccc1Cl. The fourth-order valence-corrected chi connectivity index (χ4v) is 8.36. The van der Waals surface area contributed by atoms with Gasteiger partial charge in [0.15, 0.2) is 0 Å². The van der Waals surface area contributed by atoms with E-state index in [0.29, 0.717) is 36.4 Å². The topological polar surface area (TPSA) is 125 Å². The van der Waals surface area contributed by atoms with Gasteiger partial charge in [0.1, 0.15) is 17.7 Å². The average Bonchev–Trinajstić information content (AvgIpc) is 3.61. The van der Waals surface area contributed by atoms with E-state index >= 15 is 0 Å². The number of halogens is 2. The number of aryl methyl sites for hydroxylation is 1. The molecule has 252 valence electrons. The Hall–Kier alpha value is -2.73. The Balaban J connectivity index is 1.65. The van der Waals surface area contributed by atoms with E-state index in [-0.39, 0.29) is 55.2 Å². The number of esters is 1. The summed E-state index contributed by atoms with van der Waals surface area (Å²) >= 11 is 10.3. The molecule has 3 fully saturated rings. The van der Waals surface area contributed by atoms with Crippen LogP contribution in [0.3, 0.4) is 0 Å². The molecule has 1 aromatic rings. The van der Waals surface area contributed by atoms with E-state index < -0.39 is 41.7 Å². The van der Waals surface area contributed by atoms with E-state index in [1.807, 2.05) is 19.1 Å². The van der Waals surface area contributed by atoms with Gasteiger partial charge in [-0.3, -0.25) is 19.2 Å². The van der Waals surface area contributed by atoms with Crippen LogP contribution in [0.5, 0.6) is 0 Å². The molecular formula is C34H45BrClN3O7. The van der Waals surface area contributed by atoms with Crippen LogP contribution >= 0.6 is 27.5 Å². The zero-order valence-corrected chi connectivity index (χ0v) is 28.9. The third-order valence-electron chi connectivity index (χ3n) is 9.12. The van der Waals surface area contributed by atoms with Crippen LogP contribution in [0, 0.1) is 18.8 Å². The maximum atomic E-state index is 14.8. The van der Waals surface area contributed by atoms with Gasteiger partial charge in [-0.25, -0.2) is 0 Å². The number of anilines is 1. The number of allylic oxidation sites excluding steroid dienone is 1. The zero-order valence-electron chi connectivity index (χ0n) is 26.6. The number of fused-ring (bicyclic) bond motifs is 1. The van der Waals surface area contributed by atoms with Crippen LogP contribution in [0.4, 0.5) is 5.69 Å². The first-order valence-electron chi connectivity index (χ1n) is 16.0. The summed E-state index contributed by atoms with van der Waals surface area (Å²) in [5, 5.41) is 12.4. The summed E-state index contributed by atoms with van der Waals surface area (Å²) in [5.41, 5.74) is 0.0594. The third kappa shape index (κ3) is 7.22. The number of hydrogen-bond donors (Lipinski definition) is 2. The molecule has 3 saturated heterocycles. The van der Waals surface area contributed by atoms with Crippen molar-refractivity contribution in [3.8, 4) is 0 Å². The lowest BCUT2D eigenvalue weighted by Gasteiger charge is -2.37. The minimum Gasteiger partial charge on any atom is -0.460 e. The van der Waals surface area contributed by atoms with Crippen molar-refractivity contribution in [2.75, 3.05) is 31.1 Å². The first kappa shape index (κ1) is 36.1. The van der Waals surface area contributed by atoms with Crippen molar-refractivity contribution < 1.29 is 33.8 Å². The molecular weight excluding hydrogens is 678 g/mol.